The fourth-order valence-corrected chi connectivity index (χ4v) is 3.19. The lowest BCUT2D eigenvalue weighted by Crippen LogP contribution is -2.48. The number of carbonyl (C=O) groups excluding carboxylic acids is 1. The van der Waals surface area contributed by atoms with Gasteiger partial charge in [0.2, 0.25) is 17.6 Å². The second-order valence-electron chi connectivity index (χ2n) is 6.70. The molecule has 3 aromatic rings. The first kappa shape index (κ1) is 18.2. The number of hydrogen-bond acceptors (Lipinski definition) is 8. The van der Waals surface area contributed by atoms with Crippen LogP contribution in [0.3, 0.4) is 0 Å². The quantitative estimate of drug-likeness (QED) is 0.641. The van der Waals surface area contributed by atoms with E-state index in [0.29, 0.717) is 31.0 Å². The Balaban J connectivity index is 1.19. The third-order valence-corrected chi connectivity index (χ3v) is 4.73. The molecule has 10 nitrogen and oxygen atoms in total. The van der Waals surface area contributed by atoms with E-state index in [1.165, 1.54) is 6.33 Å². The maximum absolute atomic E-state index is 12.4. The van der Waals surface area contributed by atoms with Gasteiger partial charge in [0.25, 0.3) is 0 Å². The number of aromatic nitrogens is 6. The van der Waals surface area contributed by atoms with Gasteiger partial charge in [0.05, 0.1) is 6.54 Å². The summed E-state index contributed by atoms with van der Waals surface area (Å²) in [5, 5.41) is 10.7. The molecule has 1 amide bonds. The molecule has 0 aliphatic carbocycles. The van der Waals surface area contributed by atoms with Gasteiger partial charge >= 0.3 is 0 Å². The average molecular weight is 382 g/mol. The van der Waals surface area contributed by atoms with E-state index in [2.05, 4.69) is 35.2 Å². The molecule has 4 heterocycles. The standard InChI is InChI=1S/C18H22N8O2/c27-17(26-9-7-25(8-10-26)12-15-20-13-21-23-15)5-1-4-16-22-18(24-28-16)14-3-2-6-19-11-14/h2-3,6,11,13H,1,4-5,7-10,12H2,(H,20,21,23). The lowest BCUT2D eigenvalue weighted by molar-refractivity contribution is -0.133. The molecule has 28 heavy (non-hydrogen) atoms. The number of hydrogen-bond donors (Lipinski definition) is 1. The van der Waals surface area contributed by atoms with Crippen molar-refractivity contribution >= 4 is 5.91 Å². The molecular formula is C18H22N8O2. The van der Waals surface area contributed by atoms with E-state index < -0.39 is 0 Å². The van der Waals surface area contributed by atoms with Gasteiger partial charge in [-0.15, -0.1) is 0 Å². The fraction of sp³-hybridized carbons (Fsp3) is 0.444. The van der Waals surface area contributed by atoms with Crippen LogP contribution in [0.4, 0.5) is 0 Å². The number of aryl methyl sites for hydroxylation is 1. The summed E-state index contributed by atoms with van der Waals surface area (Å²) in [6.07, 6.45) is 6.66. The number of pyridine rings is 1. The molecule has 4 rings (SSSR count). The number of aromatic amines is 1. The summed E-state index contributed by atoms with van der Waals surface area (Å²) in [6.45, 7) is 3.88. The molecule has 0 atom stereocenters. The van der Waals surface area contributed by atoms with Crippen LogP contribution in [0.25, 0.3) is 11.4 Å². The molecule has 0 unspecified atom stereocenters. The van der Waals surface area contributed by atoms with Crippen molar-refractivity contribution < 1.29 is 9.32 Å². The minimum Gasteiger partial charge on any atom is -0.340 e. The molecule has 1 aliphatic rings. The van der Waals surface area contributed by atoms with E-state index in [4.69, 9.17) is 4.52 Å². The highest BCUT2D eigenvalue weighted by molar-refractivity contribution is 5.76. The molecule has 0 saturated carbocycles. The zero-order valence-electron chi connectivity index (χ0n) is 15.5. The van der Waals surface area contributed by atoms with Crippen LogP contribution < -0.4 is 0 Å². The summed E-state index contributed by atoms with van der Waals surface area (Å²) in [7, 11) is 0. The lowest BCUT2D eigenvalue weighted by atomic mass is 10.2. The first-order valence-corrected chi connectivity index (χ1v) is 9.35. The second-order valence-corrected chi connectivity index (χ2v) is 6.70. The topological polar surface area (TPSA) is 117 Å². The van der Waals surface area contributed by atoms with Crippen LogP contribution in [0.15, 0.2) is 35.4 Å². The predicted octanol–water partition coefficient (Wildman–Crippen LogP) is 0.917. The molecule has 1 N–H and O–H groups in total. The minimum atomic E-state index is 0.173. The molecule has 3 aromatic heterocycles. The number of nitrogens with zero attached hydrogens (tertiary/aromatic N) is 7. The summed E-state index contributed by atoms with van der Waals surface area (Å²) in [5.74, 6) is 2.09. The fourth-order valence-electron chi connectivity index (χ4n) is 3.19. The molecule has 146 valence electrons. The third kappa shape index (κ3) is 4.58. The van der Waals surface area contributed by atoms with Crippen molar-refractivity contribution in [3.8, 4) is 11.4 Å². The van der Waals surface area contributed by atoms with E-state index in [-0.39, 0.29) is 5.91 Å². The van der Waals surface area contributed by atoms with Crippen molar-refractivity contribution in [2.24, 2.45) is 0 Å². The van der Waals surface area contributed by atoms with E-state index in [0.717, 1.165) is 44.1 Å². The molecule has 1 saturated heterocycles. The van der Waals surface area contributed by atoms with Gasteiger partial charge < -0.3 is 9.42 Å². The Kier molecular flexibility index (Phi) is 5.66. The lowest BCUT2D eigenvalue weighted by Gasteiger charge is -2.34. The Bertz CT molecular complexity index is 872. The zero-order chi connectivity index (χ0) is 19.2. The van der Waals surface area contributed by atoms with Crippen LogP contribution in [-0.4, -0.2) is 72.2 Å². The van der Waals surface area contributed by atoms with Crippen molar-refractivity contribution in [2.75, 3.05) is 26.2 Å². The van der Waals surface area contributed by atoms with Crippen molar-refractivity contribution in [2.45, 2.75) is 25.8 Å². The monoisotopic (exact) mass is 382 g/mol. The van der Waals surface area contributed by atoms with Gasteiger partial charge in [0.15, 0.2) is 0 Å². The number of piperazine rings is 1. The number of amides is 1. The van der Waals surface area contributed by atoms with Crippen molar-refractivity contribution in [3.05, 3.63) is 42.6 Å². The number of H-pyrrole nitrogens is 1. The summed E-state index contributed by atoms with van der Waals surface area (Å²) in [6, 6.07) is 3.71. The Morgan fingerprint density at radius 2 is 2.14 bits per heavy atom. The molecule has 0 spiro atoms. The molecule has 1 aliphatic heterocycles. The second kappa shape index (κ2) is 8.70. The summed E-state index contributed by atoms with van der Waals surface area (Å²) in [4.78, 5) is 29.2. The molecule has 1 fully saturated rings. The van der Waals surface area contributed by atoms with Crippen LogP contribution in [0.5, 0.6) is 0 Å². The van der Waals surface area contributed by atoms with Crippen LogP contribution in [0.1, 0.15) is 24.6 Å². The Hall–Kier alpha value is -3.14. The van der Waals surface area contributed by atoms with Gasteiger partial charge in [-0.25, -0.2) is 4.98 Å². The van der Waals surface area contributed by atoms with E-state index in [1.54, 1.807) is 12.4 Å². The summed E-state index contributed by atoms with van der Waals surface area (Å²) >= 11 is 0. The smallest absolute Gasteiger partial charge is 0.226 e. The largest absolute Gasteiger partial charge is 0.340 e. The maximum Gasteiger partial charge on any atom is 0.226 e. The van der Waals surface area contributed by atoms with Gasteiger partial charge in [-0.2, -0.15) is 10.1 Å². The molecule has 0 aromatic carbocycles. The molecule has 0 radical (unpaired) electrons. The predicted molar refractivity (Wildman–Crippen MR) is 98.7 cm³/mol. The molecule has 0 bridgehead atoms. The minimum absolute atomic E-state index is 0.173. The van der Waals surface area contributed by atoms with Crippen molar-refractivity contribution in [1.82, 2.24) is 40.1 Å². The molecular weight excluding hydrogens is 360 g/mol. The highest BCUT2D eigenvalue weighted by Crippen LogP contribution is 2.15. The molecule has 10 heteroatoms. The Morgan fingerprint density at radius 3 is 2.89 bits per heavy atom. The highest BCUT2D eigenvalue weighted by Gasteiger charge is 2.21. The average Bonchev–Trinajstić information content (AvgIpc) is 3.41. The highest BCUT2D eigenvalue weighted by atomic mass is 16.5. The van der Waals surface area contributed by atoms with E-state index in [9.17, 15) is 4.79 Å². The normalized spacial score (nSPS) is 15.1. The van der Waals surface area contributed by atoms with Gasteiger partial charge in [0.1, 0.15) is 12.2 Å². The number of rotatable bonds is 7. The Labute approximate surface area is 162 Å². The van der Waals surface area contributed by atoms with Crippen LogP contribution in [-0.2, 0) is 17.8 Å². The van der Waals surface area contributed by atoms with Crippen molar-refractivity contribution in [3.63, 3.8) is 0 Å². The number of nitrogens with one attached hydrogen (secondary N) is 1. The van der Waals surface area contributed by atoms with E-state index in [1.807, 2.05) is 17.0 Å². The van der Waals surface area contributed by atoms with Crippen LogP contribution >= 0.6 is 0 Å². The summed E-state index contributed by atoms with van der Waals surface area (Å²) < 4.78 is 5.28. The van der Waals surface area contributed by atoms with E-state index >= 15 is 0 Å². The SMILES string of the molecule is O=C(CCCc1nc(-c2cccnc2)no1)N1CCN(Cc2ncn[nH]2)CC1. The van der Waals surface area contributed by atoms with Crippen LogP contribution in [0.2, 0.25) is 0 Å². The first-order valence-electron chi connectivity index (χ1n) is 9.35. The zero-order valence-corrected chi connectivity index (χ0v) is 15.5. The van der Waals surface area contributed by atoms with Crippen molar-refractivity contribution in [1.29, 1.82) is 0 Å². The van der Waals surface area contributed by atoms with Gasteiger partial charge in [0, 0.05) is 57.0 Å². The summed E-state index contributed by atoms with van der Waals surface area (Å²) in [5.41, 5.74) is 0.816. The maximum atomic E-state index is 12.4. The van der Waals surface area contributed by atoms with Gasteiger partial charge in [-0.3, -0.25) is 19.8 Å². The third-order valence-electron chi connectivity index (χ3n) is 4.73. The van der Waals surface area contributed by atoms with Crippen LogP contribution in [0, 0.1) is 0 Å². The van der Waals surface area contributed by atoms with Gasteiger partial charge in [-0.1, -0.05) is 5.16 Å². The van der Waals surface area contributed by atoms with Gasteiger partial charge in [-0.05, 0) is 18.6 Å². The first-order chi connectivity index (χ1) is 13.8. The Morgan fingerprint density at radius 1 is 1.25 bits per heavy atom. The number of carbonyl (C=O) groups is 1.